The zero-order chi connectivity index (χ0) is 12.2. The van der Waals surface area contributed by atoms with E-state index < -0.39 is 0 Å². The zero-order valence-corrected chi connectivity index (χ0v) is 12.1. The molecule has 18 heavy (non-hydrogen) atoms. The van der Waals surface area contributed by atoms with Crippen molar-refractivity contribution in [3.63, 3.8) is 0 Å². The van der Waals surface area contributed by atoms with Gasteiger partial charge in [0.1, 0.15) is 5.75 Å². The molecule has 2 atom stereocenters. The van der Waals surface area contributed by atoms with Crippen molar-refractivity contribution >= 4 is 23.5 Å². The third kappa shape index (κ3) is 2.98. The molecule has 4 heteroatoms. The first kappa shape index (κ1) is 12.7. The quantitative estimate of drug-likeness (QED) is 0.915. The zero-order valence-electron chi connectivity index (χ0n) is 10.4. The van der Waals surface area contributed by atoms with Gasteiger partial charge in [-0.05, 0) is 6.07 Å². The fourth-order valence-electron chi connectivity index (χ4n) is 2.47. The van der Waals surface area contributed by atoms with Crippen LogP contribution in [-0.4, -0.2) is 42.2 Å². The molecule has 1 N–H and O–H groups in total. The molecule has 2 aliphatic heterocycles. The molecule has 2 nitrogen and oxygen atoms in total. The number of hydrogen-bond donors (Lipinski definition) is 1. The number of fused-ring (bicyclic) bond motifs is 1. The van der Waals surface area contributed by atoms with Crippen LogP contribution in [0.25, 0.3) is 0 Å². The Morgan fingerprint density at radius 2 is 2.17 bits per heavy atom. The Bertz CT molecular complexity index is 393. The van der Waals surface area contributed by atoms with Gasteiger partial charge >= 0.3 is 0 Å². The lowest BCUT2D eigenvalue weighted by atomic mass is 10.0. The topological polar surface area (TPSA) is 21.3 Å². The maximum atomic E-state index is 5.70. The molecule has 98 valence electrons. The van der Waals surface area contributed by atoms with Gasteiger partial charge in [-0.2, -0.15) is 23.5 Å². The van der Waals surface area contributed by atoms with Crippen LogP contribution in [-0.2, 0) is 0 Å². The number of rotatable bonds is 4. The fraction of sp³-hybridized carbons (Fsp3) is 0.571. The molecule has 0 spiro atoms. The minimum Gasteiger partial charge on any atom is -0.493 e. The summed E-state index contributed by atoms with van der Waals surface area (Å²) in [4.78, 5) is 0. The van der Waals surface area contributed by atoms with Gasteiger partial charge in [0.2, 0.25) is 0 Å². The highest BCUT2D eigenvalue weighted by atomic mass is 32.2. The highest BCUT2D eigenvalue weighted by Crippen LogP contribution is 2.33. The van der Waals surface area contributed by atoms with Crippen LogP contribution in [0.4, 0.5) is 0 Å². The lowest BCUT2D eigenvalue weighted by Crippen LogP contribution is -2.32. The molecule has 3 rings (SSSR count). The van der Waals surface area contributed by atoms with Gasteiger partial charge in [0.05, 0.1) is 6.61 Å². The number of nitrogens with one attached hydrogen (secondary N) is 1. The molecule has 1 fully saturated rings. The Morgan fingerprint density at radius 1 is 1.22 bits per heavy atom. The Balaban J connectivity index is 1.47. The van der Waals surface area contributed by atoms with E-state index in [2.05, 4.69) is 47.0 Å². The highest BCUT2D eigenvalue weighted by molar-refractivity contribution is 8.06. The molecule has 2 unspecified atom stereocenters. The molecule has 2 aliphatic rings. The van der Waals surface area contributed by atoms with Crippen molar-refractivity contribution in [1.29, 1.82) is 0 Å². The van der Waals surface area contributed by atoms with Crippen LogP contribution in [0, 0.1) is 0 Å². The predicted octanol–water partition coefficient (Wildman–Crippen LogP) is 2.60. The summed E-state index contributed by atoms with van der Waals surface area (Å²) in [6.07, 6.45) is 0. The maximum absolute atomic E-state index is 5.70. The van der Waals surface area contributed by atoms with E-state index in [1.165, 1.54) is 22.8 Å². The van der Waals surface area contributed by atoms with Crippen molar-refractivity contribution in [2.45, 2.75) is 11.2 Å². The SMILES string of the molecule is c1ccc2c(c1)OCC2CNCC1CSCCS1. The van der Waals surface area contributed by atoms with Crippen LogP contribution < -0.4 is 10.1 Å². The Morgan fingerprint density at radius 3 is 3.06 bits per heavy atom. The van der Waals surface area contributed by atoms with Crippen LogP contribution in [0.2, 0.25) is 0 Å². The molecule has 0 bridgehead atoms. The second-order valence-corrected chi connectivity index (χ2v) is 7.33. The molecule has 0 aromatic heterocycles. The van der Waals surface area contributed by atoms with Crippen LogP contribution in [0.5, 0.6) is 5.75 Å². The smallest absolute Gasteiger partial charge is 0.122 e. The molecule has 1 aromatic rings. The summed E-state index contributed by atoms with van der Waals surface area (Å²) in [5.41, 5.74) is 1.37. The van der Waals surface area contributed by atoms with Gasteiger partial charge < -0.3 is 10.1 Å². The van der Waals surface area contributed by atoms with Gasteiger partial charge in [-0.3, -0.25) is 0 Å². The van der Waals surface area contributed by atoms with Gasteiger partial charge in [-0.1, -0.05) is 18.2 Å². The van der Waals surface area contributed by atoms with Gasteiger partial charge in [-0.15, -0.1) is 0 Å². The number of hydrogen-bond acceptors (Lipinski definition) is 4. The number of para-hydroxylation sites is 1. The lowest BCUT2D eigenvalue weighted by molar-refractivity contribution is 0.327. The van der Waals surface area contributed by atoms with Crippen molar-refractivity contribution in [3.05, 3.63) is 29.8 Å². The third-order valence-corrected chi connectivity index (χ3v) is 6.29. The van der Waals surface area contributed by atoms with E-state index in [1.54, 1.807) is 0 Å². The second kappa shape index (κ2) is 6.22. The highest BCUT2D eigenvalue weighted by Gasteiger charge is 2.23. The summed E-state index contributed by atoms with van der Waals surface area (Å²) in [6, 6.07) is 8.42. The van der Waals surface area contributed by atoms with Gasteiger partial charge in [0.15, 0.2) is 0 Å². The Labute approximate surface area is 117 Å². The summed E-state index contributed by atoms with van der Waals surface area (Å²) in [6.45, 7) is 3.01. The Kier molecular flexibility index (Phi) is 4.39. The van der Waals surface area contributed by atoms with Gasteiger partial charge in [0, 0.05) is 47.1 Å². The van der Waals surface area contributed by atoms with Crippen molar-refractivity contribution in [2.75, 3.05) is 37.0 Å². The van der Waals surface area contributed by atoms with Gasteiger partial charge in [0.25, 0.3) is 0 Å². The van der Waals surface area contributed by atoms with E-state index in [9.17, 15) is 0 Å². The molecule has 0 radical (unpaired) electrons. The first-order chi connectivity index (χ1) is 8.93. The number of benzene rings is 1. The molecule has 2 heterocycles. The van der Waals surface area contributed by atoms with Crippen molar-refractivity contribution in [2.24, 2.45) is 0 Å². The normalized spacial score (nSPS) is 26.7. The average Bonchev–Trinajstić information content (AvgIpc) is 2.84. The molecule has 0 aliphatic carbocycles. The molecular weight excluding hydrogens is 262 g/mol. The van der Waals surface area contributed by atoms with E-state index in [1.807, 2.05) is 6.07 Å². The molecule has 0 saturated carbocycles. The molecule has 1 saturated heterocycles. The summed E-state index contributed by atoms with van der Waals surface area (Å²) >= 11 is 4.21. The minimum atomic E-state index is 0.530. The van der Waals surface area contributed by atoms with Crippen molar-refractivity contribution < 1.29 is 4.74 Å². The van der Waals surface area contributed by atoms with Crippen LogP contribution in [0.3, 0.4) is 0 Å². The van der Waals surface area contributed by atoms with Crippen molar-refractivity contribution in [3.8, 4) is 5.75 Å². The van der Waals surface area contributed by atoms with Crippen molar-refractivity contribution in [1.82, 2.24) is 5.32 Å². The number of ether oxygens (including phenoxy) is 1. The Hall–Kier alpha value is -0.320. The van der Waals surface area contributed by atoms with E-state index >= 15 is 0 Å². The first-order valence-corrected chi connectivity index (χ1v) is 8.75. The van der Waals surface area contributed by atoms with Crippen LogP contribution >= 0.6 is 23.5 Å². The molecule has 0 amide bonds. The second-order valence-electron chi connectivity index (χ2n) is 4.77. The largest absolute Gasteiger partial charge is 0.493 e. The van der Waals surface area contributed by atoms with E-state index in [0.29, 0.717) is 5.92 Å². The summed E-state index contributed by atoms with van der Waals surface area (Å²) < 4.78 is 5.70. The summed E-state index contributed by atoms with van der Waals surface area (Å²) in [5.74, 6) is 5.54. The van der Waals surface area contributed by atoms with E-state index in [4.69, 9.17) is 4.74 Å². The van der Waals surface area contributed by atoms with E-state index in [0.717, 1.165) is 30.7 Å². The molecule has 1 aromatic carbocycles. The third-order valence-electron chi connectivity index (χ3n) is 3.45. The summed E-state index contributed by atoms with van der Waals surface area (Å²) in [7, 11) is 0. The van der Waals surface area contributed by atoms with Gasteiger partial charge in [-0.25, -0.2) is 0 Å². The number of thioether (sulfide) groups is 2. The standard InChI is InChI=1S/C14H19NOS2/c1-2-4-14-13(3-1)11(9-16-14)7-15-8-12-10-17-5-6-18-12/h1-4,11-12,15H,5-10H2. The minimum absolute atomic E-state index is 0.530. The monoisotopic (exact) mass is 281 g/mol. The molecular formula is C14H19NOS2. The summed E-state index contributed by atoms with van der Waals surface area (Å²) in [5, 5.41) is 4.42. The van der Waals surface area contributed by atoms with Crippen LogP contribution in [0.15, 0.2) is 24.3 Å². The average molecular weight is 281 g/mol. The fourth-order valence-corrected chi connectivity index (χ4v) is 5.12. The first-order valence-electron chi connectivity index (χ1n) is 6.55. The van der Waals surface area contributed by atoms with E-state index in [-0.39, 0.29) is 0 Å². The maximum Gasteiger partial charge on any atom is 0.122 e. The lowest BCUT2D eigenvalue weighted by Gasteiger charge is -2.22. The predicted molar refractivity (Wildman–Crippen MR) is 81.1 cm³/mol. The van der Waals surface area contributed by atoms with Crippen LogP contribution in [0.1, 0.15) is 11.5 Å².